The van der Waals surface area contributed by atoms with E-state index >= 15 is 0 Å². The minimum Gasteiger partial charge on any atom is -0.338 e. The lowest BCUT2D eigenvalue weighted by atomic mass is 10.6. The average molecular weight is 188 g/mol. The largest absolute Gasteiger partial charge is 0.338 e. The highest BCUT2D eigenvalue weighted by Crippen LogP contribution is 2.03. The molecule has 12 heavy (non-hydrogen) atoms. The maximum atomic E-state index is 10.9. The third kappa shape index (κ3) is 2.34. The van der Waals surface area contributed by atoms with E-state index in [0.29, 0.717) is 5.69 Å². The standard InChI is InChI=1S/C7H12N2O2S/c1-6-8-7(4-9(6)2)5-12(3,10)11/h4H,5H2,1-3H3. The minimum atomic E-state index is -2.96. The van der Waals surface area contributed by atoms with E-state index in [-0.39, 0.29) is 5.75 Å². The van der Waals surface area contributed by atoms with Gasteiger partial charge in [-0.15, -0.1) is 0 Å². The highest BCUT2D eigenvalue weighted by Gasteiger charge is 2.07. The summed E-state index contributed by atoms with van der Waals surface area (Å²) < 4.78 is 23.5. The quantitative estimate of drug-likeness (QED) is 0.669. The van der Waals surface area contributed by atoms with Crippen LogP contribution in [0, 0.1) is 6.92 Å². The van der Waals surface area contributed by atoms with Gasteiger partial charge in [-0.05, 0) is 6.92 Å². The van der Waals surface area contributed by atoms with Crippen molar-refractivity contribution in [1.29, 1.82) is 0 Å². The van der Waals surface area contributed by atoms with Crippen molar-refractivity contribution in [1.82, 2.24) is 9.55 Å². The van der Waals surface area contributed by atoms with Gasteiger partial charge in [0.15, 0.2) is 9.84 Å². The molecule has 5 heteroatoms. The second kappa shape index (κ2) is 2.90. The van der Waals surface area contributed by atoms with Crippen molar-refractivity contribution in [3.05, 3.63) is 17.7 Å². The number of hydrogen-bond donors (Lipinski definition) is 0. The van der Waals surface area contributed by atoms with Gasteiger partial charge in [0.1, 0.15) is 5.82 Å². The number of hydrogen-bond acceptors (Lipinski definition) is 3. The molecule has 1 rings (SSSR count). The van der Waals surface area contributed by atoms with Crippen molar-refractivity contribution < 1.29 is 8.42 Å². The summed E-state index contributed by atoms with van der Waals surface area (Å²) in [6.45, 7) is 1.84. The van der Waals surface area contributed by atoms with Gasteiger partial charge in [0.2, 0.25) is 0 Å². The number of nitrogens with zero attached hydrogens (tertiary/aromatic N) is 2. The Morgan fingerprint density at radius 2 is 2.17 bits per heavy atom. The second-order valence-corrected chi connectivity index (χ2v) is 5.10. The molecule has 1 aromatic rings. The molecule has 0 aromatic carbocycles. The Labute approximate surface area is 72.2 Å². The van der Waals surface area contributed by atoms with Crippen molar-refractivity contribution >= 4 is 9.84 Å². The molecule has 0 unspecified atom stereocenters. The summed E-state index contributed by atoms with van der Waals surface area (Å²) >= 11 is 0. The maximum absolute atomic E-state index is 10.9. The van der Waals surface area contributed by atoms with Crippen LogP contribution in [-0.2, 0) is 22.6 Å². The Morgan fingerprint density at radius 3 is 2.50 bits per heavy atom. The lowest BCUT2D eigenvalue weighted by Crippen LogP contribution is -2.00. The molecule has 0 N–H and O–H groups in total. The molecule has 0 fully saturated rings. The maximum Gasteiger partial charge on any atom is 0.153 e. The van der Waals surface area contributed by atoms with Crippen LogP contribution in [0.2, 0.25) is 0 Å². The van der Waals surface area contributed by atoms with Gasteiger partial charge in [0.05, 0.1) is 11.4 Å². The fourth-order valence-electron chi connectivity index (χ4n) is 0.971. The van der Waals surface area contributed by atoms with Crippen LogP contribution in [0.3, 0.4) is 0 Å². The van der Waals surface area contributed by atoms with E-state index in [1.807, 2.05) is 14.0 Å². The zero-order valence-corrected chi connectivity index (χ0v) is 8.22. The van der Waals surface area contributed by atoms with Gasteiger partial charge in [-0.1, -0.05) is 0 Å². The SMILES string of the molecule is Cc1nc(CS(C)(=O)=O)cn1C. The highest BCUT2D eigenvalue weighted by atomic mass is 32.2. The third-order valence-corrected chi connectivity index (χ3v) is 2.39. The third-order valence-electron chi connectivity index (χ3n) is 1.57. The zero-order valence-electron chi connectivity index (χ0n) is 7.40. The molecule has 0 amide bonds. The van der Waals surface area contributed by atoms with E-state index in [0.717, 1.165) is 5.82 Å². The van der Waals surface area contributed by atoms with Gasteiger partial charge in [-0.2, -0.15) is 0 Å². The van der Waals surface area contributed by atoms with Crippen LogP contribution < -0.4 is 0 Å². The monoisotopic (exact) mass is 188 g/mol. The predicted molar refractivity (Wildman–Crippen MR) is 46.5 cm³/mol. The van der Waals surface area contributed by atoms with Crippen molar-refractivity contribution in [2.75, 3.05) is 6.26 Å². The predicted octanol–water partition coefficient (Wildman–Crippen LogP) is 0.273. The smallest absolute Gasteiger partial charge is 0.153 e. The van der Waals surface area contributed by atoms with Crippen molar-refractivity contribution in [3.8, 4) is 0 Å². The average Bonchev–Trinajstić information content (AvgIpc) is 2.07. The Hall–Kier alpha value is -0.840. The molecule has 0 radical (unpaired) electrons. The summed E-state index contributed by atoms with van der Waals surface area (Å²) in [5.74, 6) is 0.850. The van der Waals surface area contributed by atoms with Crippen LogP contribution in [0.5, 0.6) is 0 Å². The van der Waals surface area contributed by atoms with E-state index in [1.165, 1.54) is 6.26 Å². The van der Waals surface area contributed by atoms with E-state index in [4.69, 9.17) is 0 Å². The van der Waals surface area contributed by atoms with Crippen molar-refractivity contribution in [3.63, 3.8) is 0 Å². The molecular formula is C7H12N2O2S. The number of rotatable bonds is 2. The molecule has 1 heterocycles. The van der Waals surface area contributed by atoms with Gasteiger partial charge < -0.3 is 4.57 Å². The van der Waals surface area contributed by atoms with Crippen LogP contribution in [0.4, 0.5) is 0 Å². The zero-order chi connectivity index (χ0) is 9.35. The van der Waals surface area contributed by atoms with Crippen LogP contribution >= 0.6 is 0 Å². The van der Waals surface area contributed by atoms with Crippen LogP contribution in [0.25, 0.3) is 0 Å². The molecule has 0 aliphatic rings. The van der Waals surface area contributed by atoms with Crippen molar-refractivity contribution in [2.45, 2.75) is 12.7 Å². The molecule has 4 nitrogen and oxygen atoms in total. The summed E-state index contributed by atoms with van der Waals surface area (Å²) in [5.41, 5.74) is 0.609. The Kier molecular flexibility index (Phi) is 2.23. The minimum absolute atomic E-state index is 0.0225. The summed E-state index contributed by atoms with van der Waals surface area (Å²) in [5, 5.41) is 0. The number of aryl methyl sites for hydroxylation is 2. The first-order valence-electron chi connectivity index (χ1n) is 3.55. The normalized spacial score (nSPS) is 11.9. The van der Waals surface area contributed by atoms with Crippen LogP contribution in [-0.4, -0.2) is 24.2 Å². The van der Waals surface area contributed by atoms with Gasteiger partial charge in [0.25, 0.3) is 0 Å². The molecule has 0 bridgehead atoms. The first-order valence-corrected chi connectivity index (χ1v) is 5.61. The molecule has 0 spiro atoms. The Morgan fingerprint density at radius 1 is 1.58 bits per heavy atom. The van der Waals surface area contributed by atoms with E-state index in [9.17, 15) is 8.42 Å². The number of imidazole rings is 1. The number of aromatic nitrogens is 2. The van der Waals surface area contributed by atoms with Gasteiger partial charge in [-0.3, -0.25) is 0 Å². The van der Waals surface area contributed by atoms with Crippen molar-refractivity contribution in [2.24, 2.45) is 7.05 Å². The van der Waals surface area contributed by atoms with Crippen LogP contribution in [0.15, 0.2) is 6.20 Å². The molecule has 0 atom stereocenters. The fraction of sp³-hybridized carbons (Fsp3) is 0.571. The van der Waals surface area contributed by atoms with Gasteiger partial charge >= 0.3 is 0 Å². The summed E-state index contributed by atoms with van der Waals surface area (Å²) in [6, 6.07) is 0. The molecule has 0 aliphatic carbocycles. The highest BCUT2D eigenvalue weighted by molar-refractivity contribution is 7.89. The fourth-order valence-corrected chi connectivity index (χ4v) is 1.65. The van der Waals surface area contributed by atoms with Gasteiger partial charge in [-0.25, -0.2) is 13.4 Å². The van der Waals surface area contributed by atoms with Crippen LogP contribution in [0.1, 0.15) is 11.5 Å². The lowest BCUT2D eigenvalue weighted by Gasteiger charge is -1.90. The first-order chi connectivity index (χ1) is 5.38. The summed E-state index contributed by atoms with van der Waals surface area (Å²) in [6.07, 6.45) is 2.94. The molecule has 0 saturated heterocycles. The molecular weight excluding hydrogens is 176 g/mol. The Balaban J connectivity index is 2.92. The molecule has 68 valence electrons. The topological polar surface area (TPSA) is 52.0 Å². The molecule has 0 aliphatic heterocycles. The Bertz CT molecular complexity index is 359. The molecule has 0 saturated carbocycles. The van der Waals surface area contributed by atoms with Gasteiger partial charge in [0, 0.05) is 19.5 Å². The second-order valence-electron chi connectivity index (χ2n) is 2.96. The van der Waals surface area contributed by atoms with E-state index in [2.05, 4.69) is 4.98 Å². The molecule has 1 aromatic heterocycles. The lowest BCUT2D eigenvalue weighted by molar-refractivity contribution is 0.600. The van der Waals surface area contributed by atoms with E-state index < -0.39 is 9.84 Å². The van der Waals surface area contributed by atoms with E-state index in [1.54, 1.807) is 10.8 Å². The summed E-state index contributed by atoms with van der Waals surface area (Å²) in [4.78, 5) is 4.08. The number of sulfone groups is 1. The summed E-state index contributed by atoms with van der Waals surface area (Å²) in [7, 11) is -1.12. The first kappa shape index (κ1) is 9.25.